The molecule has 0 spiro atoms. The van der Waals surface area contributed by atoms with Gasteiger partial charge < -0.3 is 0 Å². The van der Waals surface area contributed by atoms with E-state index >= 15 is 0 Å². The maximum atomic E-state index is 11.6. The van der Waals surface area contributed by atoms with Crippen LogP contribution in [0.25, 0.3) is 10.7 Å². The van der Waals surface area contributed by atoms with E-state index in [1.165, 1.54) is 11.5 Å². The molecular weight excluding hydrogens is 300 g/mol. The molecule has 0 atom stereocenters. The van der Waals surface area contributed by atoms with Gasteiger partial charge in [0.15, 0.2) is 5.82 Å². The quantitative estimate of drug-likeness (QED) is 0.869. The van der Waals surface area contributed by atoms with Crippen molar-refractivity contribution in [3.63, 3.8) is 0 Å². The average molecular weight is 314 g/mol. The van der Waals surface area contributed by atoms with Crippen LogP contribution < -0.4 is 5.14 Å². The first kappa shape index (κ1) is 13.6. The lowest BCUT2D eigenvalue weighted by Crippen LogP contribution is -2.18. The van der Waals surface area contributed by atoms with Crippen molar-refractivity contribution in [1.82, 2.24) is 24.4 Å². The van der Waals surface area contributed by atoms with E-state index in [9.17, 15) is 8.42 Å². The fraction of sp³-hybridized carbons (Fsp3) is 0.600. The molecule has 0 unspecified atom stereocenters. The maximum absolute atomic E-state index is 11.6. The Hall–Kier alpha value is -1.39. The fourth-order valence-corrected chi connectivity index (χ4v) is 3.42. The summed E-state index contributed by atoms with van der Waals surface area (Å²) in [5.41, 5.74) is 0.827. The van der Waals surface area contributed by atoms with Crippen molar-refractivity contribution in [3.05, 3.63) is 5.69 Å². The first-order valence-corrected chi connectivity index (χ1v) is 8.63. The normalized spacial score (nSPS) is 15.7. The van der Waals surface area contributed by atoms with Crippen molar-refractivity contribution >= 4 is 21.6 Å². The molecule has 2 aromatic heterocycles. The van der Waals surface area contributed by atoms with Crippen molar-refractivity contribution < 1.29 is 8.42 Å². The van der Waals surface area contributed by atoms with E-state index in [-0.39, 0.29) is 11.2 Å². The van der Waals surface area contributed by atoms with Crippen LogP contribution in [0.3, 0.4) is 0 Å². The Morgan fingerprint density at radius 2 is 2.10 bits per heavy atom. The minimum absolute atomic E-state index is 0.102. The molecule has 8 nitrogen and oxygen atoms in total. The maximum Gasteiger partial charge on any atom is 0.273 e. The monoisotopic (exact) mass is 314 g/mol. The Bertz CT molecular complexity index is 731. The summed E-state index contributed by atoms with van der Waals surface area (Å²) in [5, 5.41) is 16.9. The molecule has 2 heterocycles. The summed E-state index contributed by atoms with van der Waals surface area (Å²) in [7, 11) is -3.88. The van der Waals surface area contributed by atoms with Gasteiger partial charge in [0.2, 0.25) is 0 Å². The summed E-state index contributed by atoms with van der Waals surface area (Å²) in [5.74, 6) is 0.509. The second-order valence-electron chi connectivity index (χ2n) is 4.75. The standard InChI is InChI=1S/C10H14N6O2S2/c1-2-3-7-8(19-15-12-7)9-13-14-10(20(11,17)18)16(9)6-4-5-6/h6H,2-5H2,1H3,(H2,11,17,18). The van der Waals surface area contributed by atoms with Crippen LogP contribution in [0.4, 0.5) is 0 Å². The number of aryl methyl sites for hydroxylation is 1. The highest BCUT2D eigenvalue weighted by Crippen LogP contribution is 2.40. The number of hydrogen-bond donors (Lipinski definition) is 1. The molecule has 1 saturated carbocycles. The molecule has 0 bridgehead atoms. The van der Waals surface area contributed by atoms with Crippen molar-refractivity contribution in [3.8, 4) is 10.7 Å². The summed E-state index contributed by atoms with van der Waals surface area (Å²) >= 11 is 1.21. The Balaban J connectivity index is 2.15. The summed E-state index contributed by atoms with van der Waals surface area (Å²) in [6.07, 6.45) is 3.51. The third kappa shape index (κ3) is 2.34. The molecule has 2 aromatic rings. The van der Waals surface area contributed by atoms with Gasteiger partial charge in [0.05, 0.1) is 5.69 Å². The van der Waals surface area contributed by atoms with Crippen molar-refractivity contribution in [2.75, 3.05) is 0 Å². The van der Waals surface area contributed by atoms with Crippen LogP contribution in [0.15, 0.2) is 5.16 Å². The van der Waals surface area contributed by atoms with Crippen molar-refractivity contribution in [2.45, 2.75) is 43.8 Å². The number of aromatic nitrogens is 5. The number of nitrogens with zero attached hydrogens (tertiary/aromatic N) is 5. The molecule has 0 aromatic carbocycles. The number of primary sulfonamides is 1. The third-order valence-electron chi connectivity index (χ3n) is 3.08. The number of rotatable bonds is 5. The van der Waals surface area contributed by atoms with E-state index in [1.807, 2.05) is 6.92 Å². The van der Waals surface area contributed by atoms with E-state index < -0.39 is 10.0 Å². The largest absolute Gasteiger partial charge is 0.293 e. The van der Waals surface area contributed by atoms with E-state index in [0.717, 1.165) is 36.3 Å². The van der Waals surface area contributed by atoms with Crippen molar-refractivity contribution in [2.24, 2.45) is 5.14 Å². The predicted molar refractivity (Wildman–Crippen MR) is 72.6 cm³/mol. The molecule has 20 heavy (non-hydrogen) atoms. The summed E-state index contributed by atoms with van der Waals surface area (Å²) in [6, 6.07) is 0.102. The molecule has 3 rings (SSSR count). The number of sulfonamides is 1. The molecule has 0 saturated heterocycles. The highest BCUT2D eigenvalue weighted by atomic mass is 32.2. The van der Waals surface area contributed by atoms with Gasteiger partial charge in [-0.2, -0.15) is 0 Å². The van der Waals surface area contributed by atoms with Gasteiger partial charge in [0, 0.05) is 6.04 Å². The molecule has 0 aliphatic heterocycles. The van der Waals surface area contributed by atoms with Gasteiger partial charge in [-0.05, 0) is 30.8 Å². The van der Waals surface area contributed by atoms with Crippen LogP contribution in [0, 0.1) is 0 Å². The lowest BCUT2D eigenvalue weighted by Gasteiger charge is -2.06. The summed E-state index contributed by atoms with van der Waals surface area (Å²) in [6.45, 7) is 2.05. The van der Waals surface area contributed by atoms with E-state index in [2.05, 4.69) is 19.8 Å². The first-order chi connectivity index (χ1) is 9.52. The van der Waals surface area contributed by atoms with Crippen LogP contribution in [0.2, 0.25) is 0 Å². The van der Waals surface area contributed by atoms with Crippen LogP contribution in [0.1, 0.15) is 37.9 Å². The molecule has 1 fully saturated rings. The molecule has 0 radical (unpaired) electrons. The van der Waals surface area contributed by atoms with Crippen molar-refractivity contribution in [1.29, 1.82) is 0 Å². The highest BCUT2D eigenvalue weighted by Gasteiger charge is 2.34. The molecular formula is C10H14N6O2S2. The van der Waals surface area contributed by atoms with Gasteiger partial charge in [0.25, 0.3) is 15.2 Å². The Labute approximate surface area is 120 Å². The van der Waals surface area contributed by atoms with Crippen LogP contribution in [-0.2, 0) is 16.4 Å². The van der Waals surface area contributed by atoms with E-state index in [0.29, 0.717) is 5.82 Å². The van der Waals surface area contributed by atoms with Gasteiger partial charge in [-0.1, -0.05) is 17.8 Å². The van der Waals surface area contributed by atoms with E-state index in [1.54, 1.807) is 4.57 Å². The van der Waals surface area contributed by atoms with Gasteiger partial charge in [-0.3, -0.25) is 4.57 Å². The Morgan fingerprint density at radius 1 is 1.35 bits per heavy atom. The smallest absolute Gasteiger partial charge is 0.273 e. The minimum Gasteiger partial charge on any atom is -0.293 e. The molecule has 2 N–H and O–H groups in total. The molecule has 108 valence electrons. The first-order valence-electron chi connectivity index (χ1n) is 6.31. The predicted octanol–water partition coefficient (Wildman–Crippen LogP) is 0.731. The zero-order valence-corrected chi connectivity index (χ0v) is 12.5. The lowest BCUT2D eigenvalue weighted by atomic mass is 10.2. The summed E-state index contributed by atoms with van der Waals surface area (Å²) < 4.78 is 28.8. The Kier molecular flexibility index (Phi) is 3.30. The highest BCUT2D eigenvalue weighted by molar-refractivity contribution is 7.89. The SMILES string of the molecule is CCCc1nnsc1-c1nnc(S(N)(=O)=O)n1C1CC1. The minimum atomic E-state index is -3.88. The number of hydrogen-bond acceptors (Lipinski definition) is 7. The summed E-state index contributed by atoms with van der Waals surface area (Å²) in [4.78, 5) is 0.779. The lowest BCUT2D eigenvalue weighted by molar-refractivity contribution is 0.567. The second-order valence-corrected chi connectivity index (χ2v) is 6.96. The molecule has 1 aliphatic rings. The van der Waals surface area contributed by atoms with Gasteiger partial charge in [-0.25, -0.2) is 13.6 Å². The zero-order chi connectivity index (χ0) is 14.3. The van der Waals surface area contributed by atoms with Crippen LogP contribution in [0.5, 0.6) is 0 Å². The third-order valence-corrected chi connectivity index (χ3v) is 4.63. The topological polar surface area (TPSA) is 117 Å². The number of nitrogens with two attached hydrogens (primary N) is 1. The van der Waals surface area contributed by atoms with Crippen LogP contribution in [-0.4, -0.2) is 32.8 Å². The molecule has 0 amide bonds. The van der Waals surface area contributed by atoms with Gasteiger partial charge in [-0.15, -0.1) is 15.3 Å². The van der Waals surface area contributed by atoms with Crippen LogP contribution >= 0.6 is 11.5 Å². The molecule has 10 heteroatoms. The second kappa shape index (κ2) is 4.86. The van der Waals surface area contributed by atoms with Gasteiger partial charge >= 0.3 is 0 Å². The molecule has 1 aliphatic carbocycles. The zero-order valence-electron chi connectivity index (χ0n) is 10.9. The average Bonchev–Trinajstić information content (AvgIpc) is 2.94. The fourth-order valence-electron chi connectivity index (χ4n) is 2.07. The van der Waals surface area contributed by atoms with E-state index in [4.69, 9.17) is 5.14 Å². The van der Waals surface area contributed by atoms with Gasteiger partial charge in [0.1, 0.15) is 4.88 Å². The Morgan fingerprint density at radius 3 is 2.70 bits per heavy atom.